The van der Waals surface area contributed by atoms with Crippen LogP contribution >= 0.6 is 0 Å². The zero-order valence-electron chi connectivity index (χ0n) is 52.6. The zero-order chi connectivity index (χ0) is 61.7. The fourth-order valence-corrected chi connectivity index (χ4v) is 16.9. The second-order valence-corrected chi connectivity index (χ2v) is 26.4. The smallest absolute Gasteiger partial charge is 0.159 e. The van der Waals surface area contributed by atoms with E-state index < -0.39 is 5.41 Å². The van der Waals surface area contributed by atoms with Crippen LogP contribution in [-0.2, 0) is 5.41 Å². The average molecular weight is 1200 g/mol. The quantitative estimate of drug-likeness (QED) is 0.122. The molecule has 0 aliphatic heterocycles. The summed E-state index contributed by atoms with van der Waals surface area (Å²) in [5.74, 6) is 1.15. The highest BCUT2D eigenvalue weighted by molar-refractivity contribution is 6.17. The average Bonchev–Trinajstić information content (AvgIpc) is 1.54. The number of rotatable bonds is 12. The lowest BCUT2D eigenvalue weighted by Crippen LogP contribution is -2.29. The van der Waals surface area contributed by atoms with E-state index in [2.05, 4.69) is 303 Å². The Labute approximate surface area is 543 Å². The van der Waals surface area contributed by atoms with Gasteiger partial charge in [0.15, 0.2) is 11.2 Å². The first-order valence-electron chi connectivity index (χ1n) is 33.6. The van der Waals surface area contributed by atoms with Crippen molar-refractivity contribution in [3.8, 4) is 33.4 Å². The highest BCUT2D eigenvalue weighted by Gasteiger charge is 2.48. The standard InChI is InChI=1S/C89H70N2O2/c1-57-23-9-15-33-68(57)72-37-19-39-74-76-41-21-43-81(87(76)92-85(72)74)90(65-49-45-61(46-50-65)59-25-11-12-26-59)67-53-54-78-79(55-67)89(63-29-5-3-6-30-63,64-31-7-4-8-32-64)80-56-83(70-35-17-18-36-71(70)84(78)80)91(66-51-47-62(48-52-66)60-27-13-14-28-60)82-44-22-42-77-75-40-20-38-73(86(75)93-88(77)82)69-34-16-10-24-58(69)2/h3-10,15-24,29-56,59-60H,11-14,25-28H2,1-2H3. The van der Waals surface area contributed by atoms with Crippen LogP contribution in [0, 0.1) is 13.8 Å². The maximum atomic E-state index is 7.45. The molecule has 15 aromatic rings. The number of nitrogens with zero attached hydrogens (tertiary/aromatic N) is 2. The van der Waals surface area contributed by atoms with Gasteiger partial charge in [0, 0.05) is 55.1 Å². The van der Waals surface area contributed by atoms with Gasteiger partial charge >= 0.3 is 0 Å². The van der Waals surface area contributed by atoms with Crippen molar-refractivity contribution in [2.24, 2.45) is 0 Å². The molecule has 0 bridgehead atoms. The summed E-state index contributed by atoms with van der Waals surface area (Å²) < 4.78 is 14.8. The van der Waals surface area contributed by atoms with Gasteiger partial charge in [-0.25, -0.2) is 0 Å². The van der Waals surface area contributed by atoms with E-state index in [0.717, 1.165) is 94.5 Å². The Kier molecular flexibility index (Phi) is 13.2. The van der Waals surface area contributed by atoms with Gasteiger partial charge in [0.2, 0.25) is 0 Å². The summed E-state index contributed by atoms with van der Waals surface area (Å²) in [4.78, 5) is 4.99. The van der Waals surface area contributed by atoms with Gasteiger partial charge in [0.25, 0.3) is 0 Å². The predicted molar refractivity (Wildman–Crippen MR) is 388 cm³/mol. The first-order valence-corrected chi connectivity index (χ1v) is 33.6. The minimum Gasteiger partial charge on any atom is -0.453 e. The monoisotopic (exact) mass is 1200 g/mol. The van der Waals surface area contributed by atoms with E-state index in [9.17, 15) is 0 Å². The summed E-state index contributed by atoms with van der Waals surface area (Å²) in [6.07, 6.45) is 10.1. The van der Waals surface area contributed by atoms with Crippen molar-refractivity contribution in [2.75, 3.05) is 9.80 Å². The maximum absolute atomic E-state index is 7.45. The lowest BCUT2D eigenvalue weighted by molar-refractivity contribution is 0.670. The molecule has 0 spiro atoms. The van der Waals surface area contributed by atoms with Crippen molar-refractivity contribution < 1.29 is 8.83 Å². The number of para-hydroxylation sites is 4. The summed E-state index contributed by atoms with van der Waals surface area (Å²) in [5, 5.41) is 6.72. The molecule has 0 amide bonds. The minimum atomic E-state index is -0.806. The summed E-state index contributed by atoms with van der Waals surface area (Å²) in [6, 6.07) is 105. The fourth-order valence-electron chi connectivity index (χ4n) is 16.9. The first-order chi connectivity index (χ1) is 46.0. The van der Waals surface area contributed by atoms with Crippen molar-refractivity contribution in [1.29, 1.82) is 0 Å². The van der Waals surface area contributed by atoms with Crippen molar-refractivity contribution >= 4 is 88.8 Å². The molecule has 93 heavy (non-hydrogen) atoms. The van der Waals surface area contributed by atoms with Crippen molar-refractivity contribution in [2.45, 2.75) is 82.5 Å². The summed E-state index contributed by atoms with van der Waals surface area (Å²) in [6.45, 7) is 4.38. The topological polar surface area (TPSA) is 32.8 Å². The summed E-state index contributed by atoms with van der Waals surface area (Å²) >= 11 is 0. The van der Waals surface area contributed by atoms with Crippen LogP contribution in [-0.4, -0.2) is 0 Å². The Morgan fingerprint density at radius 2 is 0.710 bits per heavy atom. The molecule has 4 heteroatoms. The Hall–Kier alpha value is -10.7. The third kappa shape index (κ3) is 8.79. The van der Waals surface area contributed by atoms with E-state index in [4.69, 9.17) is 8.83 Å². The third-order valence-electron chi connectivity index (χ3n) is 21.3. The maximum Gasteiger partial charge on any atom is 0.159 e. The molecule has 0 saturated heterocycles. The van der Waals surface area contributed by atoms with E-state index in [1.165, 1.54) is 124 Å². The molecule has 2 heterocycles. The molecule has 18 rings (SSSR count). The van der Waals surface area contributed by atoms with E-state index in [-0.39, 0.29) is 0 Å². The van der Waals surface area contributed by atoms with Crippen LogP contribution < -0.4 is 9.80 Å². The second kappa shape index (κ2) is 22.3. The van der Waals surface area contributed by atoms with Crippen LogP contribution in [0.1, 0.15) is 108 Å². The van der Waals surface area contributed by atoms with Crippen LogP contribution in [0.5, 0.6) is 0 Å². The molecule has 448 valence electrons. The molecule has 2 fully saturated rings. The Balaban J connectivity index is 0.900. The second-order valence-electron chi connectivity index (χ2n) is 26.4. The van der Waals surface area contributed by atoms with Crippen LogP contribution in [0.25, 0.3) is 88.0 Å². The molecule has 13 aromatic carbocycles. The Morgan fingerprint density at radius 1 is 0.301 bits per heavy atom. The van der Waals surface area contributed by atoms with Gasteiger partial charge in [-0.3, -0.25) is 0 Å². The molecule has 3 aliphatic carbocycles. The van der Waals surface area contributed by atoms with Gasteiger partial charge in [-0.15, -0.1) is 0 Å². The first kappa shape index (κ1) is 55.2. The van der Waals surface area contributed by atoms with Gasteiger partial charge in [0.05, 0.1) is 22.5 Å². The van der Waals surface area contributed by atoms with Crippen molar-refractivity contribution in [3.05, 3.63) is 324 Å². The number of hydrogen-bond acceptors (Lipinski definition) is 4. The van der Waals surface area contributed by atoms with Gasteiger partial charge in [0.1, 0.15) is 11.2 Å². The lowest BCUT2D eigenvalue weighted by atomic mass is 9.67. The van der Waals surface area contributed by atoms with Gasteiger partial charge in [-0.2, -0.15) is 0 Å². The molecule has 0 unspecified atom stereocenters. The van der Waals surface area contributed by atoms with Crippen molar-refractivity contribution in [1.82, 2.24) is 0 Å². The number of anilines is 6. The molecule has 2 aromatic heterocycles. The number of aryl methyl sites for hydroxylation is 2. The predicted octanol–water partition coefficient (Wildman–Crippen LogP) is 25.2. The van der Waals surface area contributed by atoms with Crippen LogP contribution in [0.15, 0.2) is 288 Å². The molecular weight excluding hydrogens is 1130 g/mol. The highest BCUT2D eigenvalue weighted by Crippen LogP contribution is 2.62. The summed E-state index contributed by atoms with van der Waals surface area (Å²) in [7, 11) is 0. The Bertz CT molecular complexity index is 5330. The number of furan rings is 2. The molecule has 3 aliphatic rings. The lowest BCUT2D eigenvalue weighted by Gasteiger charge is -2.36. The SMILES string of the molecule is Cc1ccccc1-c1cccc2c1oc1c(N(c3ccc(C4CCCC4)cc3)c3ccc4c(c3)C(c3ccccc3)(c3ccccc3)c3cc(N(c5ccc(C6CCCC6)cc5)c5cccc6c5oc5c(-c7ccccc7C)cccc56)c5ccccc5c3-4)cccc12. The molecule has 0 atom stereocenters. The number of benzene rings is 13. The molecule has 0 radical (unpaired) electrons. The zero-order valence-corrected chi connectivity index (χ0v) is 52.6. The number of hydrogen-bond donors (Lipinski definition) is 0. The normalized spacial score (nSPS) is 14.6. The molecular formula is C89H70N2O2. The van der Waals surface area contributed by atoms with Crippen LogP contribution in [0.4, 0.5) is 34.1 Å². The number of fused-ring (bicyclic) bond motifs is 11. The fraction of sp³-hybridized carbons (Fsp3) is 0.146. The molecule has 2 saturated carbocycles. The van der Waals surface area contributed by atoms with Gasteiger partial charge in [-0.05, 0) is 178 Å². The van der Waals surface area contributed by atoms with Gasteiger partial charge in [-0.1, -0.05) is 250 Å². The van der Waals surface area contributed by atoms with E-state index >= 15 is 0 Å². The largest absolute Gasteiger partial charge is 0.453 e. The van der Waals surface area contributed by atoms with Crippen LogP contribution in [0.2, 0.25) is 0 Å². The Morgan fingerprint density at radius 3 is 1.23 bits per heavy atom. The van der Waals surface area contributed by atoms with Crippen molar-refractivity contribution in [3.63, 3.8) is 0 Å². The highest BCUT2D eigenvalue weighted by atomic mass is 16.3. The molecule has 0 N–H and O–H groups in total. The van der Waals surface area contributed by atoms with Crippen LogP contribution in [0.3, 0.4) is 0 Å². The third-order valence-corrected chi connectivity index (χ3v) is 21.3. The van der Waals surface area contributed by atoms with E-state index in [1.54, 1.807) is 0 Å². The van der Waals surface area contributed by atoms with E-state index in [0.29, 0.717) is 11.8 Å². The summed E-state index contributed by atoms with van der Waals surface area (Å²) in [5.41, 5.74) is 26.0. The van der Waals surface area contributed by atoms with Gasteiger partial charge < -0.3 is 18.6 Å². The van der Waals surface area contributed by atoms with E-state index in [1.807, 2.05) is 0 Å². The molecule has 4 nitrogen and oxygen atoms in total. The minimum absolute atomic E-state index is 0.573.